The number of nitrogens with zero attached hydrogens (tertiary/aromatic N) is 3. The largest absolute Gasteiger partial charge is 0.370 e. The summed E-state index contributed by atoms with van der Waals surface area (Å²) in [5, 5.41) is 7.82. The minimum absolute atomic E-state index is 0.0341. The molecule has 1 aromatic rings. The normalized spacial score (nSPS) is 31.0. The second-order valence-corrected chi connectivity index (χ2v) is 9.50. The Kier molecular flexibility index (Phi) is 6.30. The van der Waals surface area contributed by atoms with Gasteiger partial charge in [0.1, 0.15) is 0 Å². The summed E-state index contributed by atoms with van der Waals surface area (Å²) in [6.07, 6.45) is 8.87. The highest BCUT2D eigenvalue weighted by Crippen LogP contribution is 2.54. The molecule has 1 spiro atoms. The topological polar surface area (TPSA) is 59.4 Å². The van der Waals surface area contributed by atoms with Crippen LogP contribution < -0.4 is 5.32 Å². The number of aromatic nitrogens is 2. The van der Waals surface area contributed by atoms with E-state index in [1.807, 2.05) is 11.6 Å². The maximum absolute atomic E-state index is 12.7. The van der Waals surface area contributed by atoms with E-state index in [0.29, 0.717) is 17.9 Å². The number of nitrogens with one attached hydrogen (secondary N) is 1. The molecule has 1 aromatic heterocycles. The third-order valence-electron chi connectivity index (χ3n) is 7.43. The predicted molar refractivity (Wildman–Crippen MR) is 114 cm³/mol. The van der Waals surface area contributed by atoms with E-state index < -0.39 is 0 Å². The second-order valence-electron chi connectivity index (χ2n) is 9.50. The van der Waals surface area contributed by atoms with E-state index in [0.717, 1.165) is 70.5 Å². The van der Waals surface area contributed by atoms with Crippen molar-refractivity contribution in [3.8, 4) is 0 Å². The van der Waals surface area contributed by atoms with Gasteiger partial charge in [0.25, 0.3) is 0 Å². The number of hydrogen-bond acceptors (Lipinski definition) is 4. The van der Waals surface area contributed by atoms with Crippen LogP contribution in [0.1, 0.15) is 58.1 Å². The van der Waals surface area contributed by atoms with Gasteiger partial charge in [0.2, 0.25) is 5.91 Å². The Morgan fingerprint density at radius 3 is 2.83 bits per heavy atom. The Morgan fingerprint density at radius 1 is 1.34 bits per heavy atom. The Hall–Kier alpha value is -1.40. The van der Waals surface area contributed by atoms with Gasteiger partial charge in [-0.2, -0.15) is 5.10 Å². The summed E-state index contributed by atoms with van der Waals surface area (Å²) in [7, 11) is 0. The molecule has 2 bridgehead atoms. The van der Waals surface area contributed by atoms with Gasteiger partial charge in [-0.25, -0.2) is 0 Å². The van der Waals surface area contributed by atoms with Crippen molar-refractivity contribution in [2.45, 2.75) is 77.5 Å². The smallest absolute Gasteiger partial charge is 0.223 e. The third kappa shape index (κ3) is 4.24. The van der Waals surface area contributed by atoms with Crippen LogP contribution in [-0.4, -0.2) is 58.5 Å². The molecule has 0 aromatic carbocycles. The van der Waals surface area contributed by atoms with Crippen LogP contribution in [0.4, 0.5) is 0 Å². The van der Waals surface area contributed by atoms with Crippen molar-refractivity contribution in [2.75, 3.05) is 26.2 Å². The molecule has 3 fully saturated rings. The van der Waals surface area contributed by atoms with Crippen LogP contribution >= 0.6 is 0 Å². The molecule has 1 amide bonds. The number of likely N-dealkylation sites (tertiary alicyclic amines) is 1. The molecular formula is C23H38N4O2. The zero-order valence-corrected chi connectivity index (χ0v) is 18.4. The number of carbonyl (C=O) groups excluding carboxylic acids is 1. The van der Waals surface area contributed by atoms with Crippen molar-refractivity contribution in [3.63, 3.8) is 0 Å². The number of rotatable bonds is 10. The highest BCUT2D eigenvalue weighted by molar-refractivity contribution is 5.78. The zero-order valence-electron chi connectivity index (χ0n) is 18.4. The number of amides is 1. The van der Waals surface area contributed by atoms with Gasteiger partial charge in [-0.3, -0.25) is 14.4 Å². The summed E-state index contributed by atoms with van der Waals surface area (Å²) in [5.41, 5.74) is 1.11. The maximum Gasteiger partial charge on any atom is 0.223 e. The molecule has 3 saturated heterocycles. The van der Waals surface area contributed by atoms with Gasteiger partial charge in [0.15, 0.2) is 0 Å². The van der Waals surface area contributed by atoms with E-state index in [1.54, 1.807) is 0 Å². The van der Waals surface area contributed by atoms with Crippen LogP contribution in [0.2, 0.25) is 0 Å². The van der Waals surface area contributed by atoms with Crippen LogP contribution in [0.5, 0.6) is 0 Å². The molecule has 4 heterocycles. The molecule has 162 valence electrons. The molecule has 4 atom stereocenters. The Labute approximate surface area is 175 Å². The Balaban J connectivity index is 1.32. The first-order valence-corrected chi connectivity index (χ1v) is 11.7. The third-order valence-corrected chi connectivity index (χ3v) is 7.43. The van der Waals surface area contributed by atoms with E-state index in [2.05, 4.69) is 41.4 Å². The fourth-order valence-electron chi connectivity index (χ4n) is 6.03. The van der Waals surface area contributed by atoms with Gasteiger partial charge in [-0.15, -0.1) is 0 Å². The van der Waals surface area contributed by atoms with Crippen molar-refractivity contribution in [3.05, 3.63) is 18.0 Å². The number of carbonyl (C=O) groups is 1. The molecule has 6 nitrogen and oxygen atoms in total. The Morgan fingerprint density at radius 2 is 2.14 bits per heavy atom. The summed E-state index contributed by atoms with van der Waals surface area (Å²) in [4.78, 5) is 15.3. The van der Waals surface area contributed by atoms with Crippen LogP contribution in [-0.2, 0) is 16.1 Å². The van der Waals surface area contributed by atoms with Crippen LogP contribution in [0.25, 0.3) is 0 Å². The van der Waals surface area contributed by atoms with Crippen molar-refractivity contribution in [1.82, 2.24) is 20.0 Å². The number of aryl methyl sites for hydroxylation is 1. The van der Waals surface area contributed by atoms with Crippen LogP contribution in [0.3, 0.4) is 0 Å². The van der Waals surface area contributed by atoms with Gasteiger partial charge in [-0.1, -0.05) is 26.7 Å². The fourth-order valence-corrected chi connectivity index (χ4v) is 6.03. The molecule has 3 aliphatic heterocycles. The van der Waals surface area contributed by atoms with Crippen molar-refractivity contribution in [2.24, 2.45) is 17.8 Å². The summed E-state index contributed by atoms with van der Waals surface area (Å²) < 4.78 is 8.60. The van der Waals surface area contributed by atoms with Crippen LogP contribution in [0.15, 0.2) is 12.3 Å². The summed E-state index contributed by atoms with van der Waals surface area (Å²) in [5.74, 6) is 1.45. The second kappa shape index (κ2) is 8.76. The monoisotopic (exact) mass is 402 g/mol. The SMILES string of the molecule is CCCC(CCC)C(=O)NC[C@H]1[C@H]2CN(CCn3ccc(C)n3)C[C@]23CC[C@H]1O3. The molecule has 0 aliphatic carbocycles. The zero-order chi connectivity index (χ0) is 20.4. The summed E-state index contributed by atoms with van der Waals surface area (Å²) in [6, 6.07) is 2.06. The molecule has 1 N–H and O–H groups in total. The van der Waals surface area contributed by atoms with E-state index in [-0.39, 0.29) is 17.4 Å². The van der Waals surface area contributed by atoms with Gasteiger partial charge in [0, 0.05) is 50.1 Å². The quantitative estimate of drug-likeness (QED) is 0.654. The van der Waals surface area contributed by atoms with E-state index >= 15 is 0 Å². The number of hydrogen-bond donors (Lipinski definition) is 1. The lowest BCUT2D eigenvalue weighted by atomic mass is 9.73. The number of ether oxygens (including phenoxy) is 1. The fraction of sp³-hybridized carbons (Fsp3) is 0.826. The van der Waals surface area contributed by atoms with Gasteiger partial charge < -0.3 is 10.1 Å². The molecular weight excluding hydrogens is 364 g/mol. The first-order chi connectivity index (χ1) is 14.0. The lowest BCUT2D eigenvalue weighted by Crippen LogP contribution is -2.43. The summed E-state index contributed by atoms with van der Waals surface area (Å²) in [6.45, 7) is 11.2. The summed E-state index contributed by atoms with van der Waals surface area (Å²) >= 11 is 0. The molecule has 0 unspecified atom stereocenters. The lowest BCUT2D eigenvalue weighted by Gasteiger charge is -2.30. The van der Waals surface area contributed by atoms with E-state index in [1.165, 1.54) is 6.42 Å². The average Bonchev–Trinajstić information content (AvgIpc) is 3.44. The predicted octanol–water partition coefficient (Wildman–Crippen LogP) is 3.00. The van der Waals surface area contributed by atoms with Crippen molar-refractivity contribution >= 4 is 5.91 Å². The molecule has 6 heteroatoms. The molecule has 4 rings (SSSR count). The van der Waals surface area contributed by atoms with Gasteiger partial charge in [0.05, 0.1) is 23.9 Å². The van der Waals surface area contributed by atoms with E-state index in [4.69, 9.17) is 4.74 Å². The first kappa shape index (κ1) is 20.9. The maximum atomic E-state index is 12.7. The minimum atomic E-state index is 0.0341. The minimum Gasteiger partial charge on any atom is -0.370 e. The standard InChI is InChI=1S/C23H38N4O2/c1-4-6-18(7-5-2)22(28)24-14-19-20-15-26(12-13-27-11-9-17(3)25-27)16-23(20)10-8-21(19)29-23/h9,11,18-21H,4-8,10,12-16H2,1-3H3,(H,24,28)/t19-,20+,21+,23+/m0/s1. The number of fused-ring (bicyclic) bond motifs is 1. The van der Waals surface area contributed by atoms with Crippen molar-refractivity contribution in [1.29, 1.82) is 0 Å². The highest BCUT2D eigenvalue weighted by Gasteiger charge is 2.62. The Bertz CT molecular complexity index is 699. The lowest BCUT2D eigenvalue weighted by molar-refractivity contribution is -0.125. The molecule has 3 aliphatic rings. The van der Waals surface area contributed by atoms with Gasteiger partial charge >= 0.3 is 0 Å². The van der Waals surface area contributed by atoms with Gasteiger partial charge in [-0.05, 0) is 38.7 Å². The molecule has 29 heavy (non-hydrogen) atoms. The average molecular weight is 403 g/mol. The highest BCUT2D eigenvalue weighted by atomic mass is 16.5. The first-order valence-electron chi connectivity index (χ1n) is 11.7. The van der Waals surface area contributed by atoms with E-state index in [9.17, 15) is 4.79 Å². The molecule has 0 saturated carbocycles. The van der Waals surface area contributed by atoms with Crippen molar-refractivity contribution < 1.29 is 9.53 Å². The molecule has 0 radical (unpaired) electrons. The van der Waals surface area contributed by atoms with Crippen LogP contribution in [0, 0.1) is 24.7 Å².